The van der Waals surface area contributed by atoms with E-state index in [2.05, 4.69) is 5.32 Å². The molecule has 100 valence electrons. The number of nitro benzene ring substituents is 1. The van der Waals surface area contributed by atoms with Crippen LogP contribution >= 0.6 is 11.6 Å². The second-order valence-corrected chi connectivity index (χ2v) is 4.74. The molecule has 6 nitrogen and oxygen atoms in total. The molecular formula is C12H12ClN3O3. The molecule has 1 aliphatic rings. The molecule has 3 N–H and O–H groups in total. The Hall–Kier alpha value is -1.92. The number of amides is 1. The Bertz CT molecular complexity index is 559. The monoisotopic (exact) mass is 281 g/mol. The lowest BCUT2D eigenvalue weighted by atomic mass is 10.1. The van der Waals surface area contributed by atoms with Gasteiger partial charge in [-0.25, -0.2) is 0 Å². The molecule has 0 bridgehead atoms. The highest BCUT2D eigenvalue weighted by molar-refractivity contribution is 6.31. The van der Waals surface area contributed by atoms with Crippen LogP contribution in [0.5, 0.6) is 0 Å². The van der Waals surface area contributed by atoms with Crippen molar-refractivity contribution < 1.29 is 9.72 Å². The third kappa shape index (κ3) is 3.10. The predicted octanol–water partition coefficient (Wildman–Crippen LogP) is 2.09. The third-order valence-corrected chi connectivity index (χ3v) is 3.10. The number of halogens is 1. The molecule has 1 aliphatic carbocycles. The largest absolute Gasteiger partial charge is 0.324 e. The van der Waals surface area contributed by atoms with Crippen molar-refractivity contribution in [1.29, 1.82) is 0 Å². The minimum atomic E-state index is -0.567. The van der Waals surface area contributed by atoms with Crippen molar-refractivity contribution in [2.24, 2.45) is 11.7 Å². The number of carbonyl (C=O) groups excluding carboxylic acids is 1. The zero-order valence-electron chi connectivity index (χ0n) is 9.88. The van der Waals surface area contributed by atoms with Crippen LogP contribution in [0.25, 0.3) is 0 Å². The van der Waals surface area contributed by atoms with E-state index in [1.54, 1.807) is 12.2 Å². The van der Waals surface area contributed by atoms with E-state index in [1.807, 2.05) is 0 Å². The molecule has 0 saturated carbocycles. The van der Waals surface area contributed by atoms with Crippen LogP contribution in [0.3, 0.4) is 0 Å². The van der Waals surface area contributed by atoms with Crippen molar-refractivity contribution in [3.05, 3.63) is 45.5 Å². The quantitative estimate of drug-likeness (QED) is 0.503. The van der Waals surface area contributed by atoms with Crippen LogP contribution in [-0.4, -0.2) is 16.9 Å². The van der Waals surface area contributed by atoms with Crippen molar-refractivity contribution in [1.82, 2.24) is 0 Å². The maximum Gasteiger partial charge on any atom is 0.292 e. The summed E-state index contributed by atoms with van der Waals surface area (Å²) < 4.78 is 0. The lowest BCUT2D eigenvalue weighted by Crippen LogP contribution is -2.24. The molecule has 1 amide bonds. The highest BCUT2D eigenvalue weighted by Gasteiger charge is 2.25. The Balaban J connectivity index is 2.18. The fraction of sp³-hybridized carbons (Fsp3) is 0.250. The number of nitrogens with two attached hydrogens (primary N) is 1. The first kappa shape index (κ1) is 13.5. The first-order valence-electron chi connectivity index (χ1n) is 5.66. The molecule has 0 radical (unpaired) electrons. The minimum absolute atomic E-state index is 0.0939. The SMILES string of the molecule is NC1C=CC(C(=O)Nc2cc(Cl)ccc2[N+](=O)[O-])C1. The summed E-state index contributed by atoms with van der Waals surface area (Å²) in [5, 5.41) is 13.7. The number of rotatable bonds is 3. The standard InChI is InChI=1S/C12H12ClN3O3/c13-8-2-4-11(16(18)19)10(6-8)15-12(17)7-1-3-9(14)5-7/h1-4,6-7,9H,5,14H2,(H,15,17). The maximum absolute atomic E-state index is 12.0. The molecular weight excluding hydrogens is 270 g/mol. The van der Waals surface area contributed by atoms with E-state index in [4.69, 9.17) is 17.3 Å². The predicted molar refractivity (Wildman–Crippen MR) is 72.0 cm³/mol. The van der Waals surface area contributed by atoms with Crippen LogP contribution < -0.4 is 11.1 Å². The summed E-state index contributed by atoms with van der Waals surface area (Å²) in [5.74, 6) is -0.692. The van der Waals surface area contributed by atoms with Crippen LogP contribution in [-0.2, 0) is 4.79 Å². The van der Waals surface area contributed by atoms with Gasteiger partial charge in [0, 0.05) is 17.1 Å². The van der Waals surface area contributed by atoms with Crippen LogP contribution in [0.2, 0.25) is 5.02 Å². The highest BCUT2D eigenvalue weighted by atomic mass is 35.5. The first-order valence-corrected chi connectivity index (χ1v) is 6.04. The number of hydrogen-bond acceptors (Lipinski definition) is 4. The zero-order chi connectivity index (χ0) is 14.0. The van der Waals surface area contributed by atoms with E-state index >= 15 is 0 Å². The molecule has 0 saturated heterocycles. The fourth-order valence-corrected chi connectivity index (χ4v) is 2.09. The van der Waals surface area contributed by atoms with E-state index in [1.165, 1.54) is 18.2 Å². The van der Waals surface area contributed by atoms with Crippen LogP contribution in [0, 0.1) is 16.0 Å². The normalized spacial score (nSPS) is 21.4. The number of anilines is 1. The Kier molecular flexibility index (Phi) is 3.82. The van der Waals surface area contributed by atoms with Crippen LogP contribution in [0.4, 0.5) is 11.4 Å². The second-order valence-electron chi connectivity index (χ2n) is 4.30. The summed E-state index contributed by atoms with van der Waals surface area (Å²) in [7, 11) is 0. The smallest absolute Gasteiger partial charge is 0.292 e. The van der Waals surface area contributed by atoms with Gasteiger partial charge in [-0.05, 0) is 18.6 Å². The third-order valence-electron chi connectivity index (χ3n) is 2.87. The Labute approximate surface area is 114 Å². The molecule has 1 aromatic carbocycles. The Morgan fingerprint density at radius 2 is 2.21 bits per heavy atom. The van der Waals surface area contributed by atoms with Gasteiger partial charge in [0.05, 0.1) is 10.8 Å². The van der Waals surface area contributed by atoms with E-state index in [0.29, 0.717) is 11.4 Å². The fourth-order valence-electron chi connectivity index (χ4n) is 1.91. The number of nitrogens with one attached hydrogen (secondary N) is 1. The summed E-state index contributed by atoms with van der Waals surface area (Å²) in [6.07, 6.45) is 3.95. The highest BCUT2D eigenvalue weighted by Crippen LogP contribution is 2.29. The molecule has 2 rings (SSSR count). The van der Waals surface area contributed by atoms with Gasteiger partial charge >= 0.3 is 0 Å². The van der Waals surface area contributed by atoms with Crippen molar-refractivity contribution in [2.45, 2.75) is 12.5 Å². The molecule has 19 heavy (non-hydrogen) atoms. The molecule has 0 fully saturated rings. The van der Waals surface area contributed by atoms with Gasteiger partial charge in [-0.15, -0.1) is 0 Å². The average Bonchev–Trinajstić information content (AvgIpc) is 2.75. The maximum atomic E-state index is 12.0. The molecule has 2 atom stereocenters. The van der Waals surface area contributed by atoms with E-state index in [9.17, 15) is 14.9 Å². The second kappa shape index (κ2) is 5.38. The van der Waals surface area contributed by atoms with Gasteiger partial charge in [-0.1, -0.05) is 23.8 Å². The van der Waals surface area contributed by atoms with Gasteiger partial charge in [-0.3, -0.25) is 14.9 Å². The summed E-state index contributed by atoms with van der Waals surface area (Å²) in [6, 6.07) is 3.87. The lowest BCUT2D eigenvalue weighted by Gasteiger charge is -2.11. The minimum Gasteiger partial charge on any atom is -0.324 e. The molecule has 0 aromatic heterocycles. The van der Waals surface area contributed by atoms with Crippen molar-refractivity contribution >= 4 is 28.9 Å². The number of nitrogens with zero attached hydrogens (tertiary/aromatic N) is 1. The Morgan fingerprint density at radius 1 is 1.47 bits per heavy atom. The summed E-state index contributed by atoms with van der Waals surface area (Å²) in [6.45, 7) is 0. The molecule has 7 heteroatoms. The van der Waals surface area contributed by atoms with Crippen molar-refractivity contribution in [3.63, 3.8) is 0 Å². The van der Waals surface area contributed by atoms with Crippen LogP contribution in [0.15, 0.2) is 30.4 Å². The van der Waals surface area contributed by atoms with Gasteiger partial charge in [0.15, 0.2) is 0 Å². The van der Waals surface area contributed by atoms with E-state index < -0.39 is 4.92 Å². The topological polar surface area (TPSA) is 98.3 Å². The average molecular weight is 282 g/mol. The Morgan fingerprint density at radius 3 is 2.79 bits per heavy atom. The molecule has 0 spiro atoms. The number of nitro groups is 1. The zero-order valence-corrected chi connectivity index (χ0v) is 10.6. The van der Waals surface area contributed by atoms with Gasteiger partial charge in [0.2, 0.25) is 5.91 Å². The van der Waals surface area contributed by atoms with E-state index in [0.717, 1.165) is 0 Å². The molecule has 2 unspecified atom stereocenters. The van der Waals surface area contributed by atoms with Crippen molar-refractivity contribution in [2.75, 3.05) is 5.32 Å². The van der Waals surface area contributed by atoms with Gasteiger partial charge in [-0.2, -0.15) is 0 Å². The summed E-state index contributed by atoms with van der Waals surface area (Å²) in [4.78, 5) is 22.3. The van der Waals surface area contributed by atoms with Crippen molar-refractivity contribution in [3.8, 4) is 0 Å². The molecule has 0 aliphatic heterocycles. The van der Waals surface area contributed by atoms with Gasteiger partial charge < -0.3 is 11.1 Å². The number of benzene rings is 1. The van der Waals surface area contributed by atoms with Gasteiger partial charge in [0.1, 0.15) is 5.69 Å². The van der Waals surface area contributed by atoms with E-state index in [-0.39, 0.29) is 29.2 Å². The summed E-state index contributed by atoms with van der Waals surface area (Å²) in [5.41, 5.74) is 5.57. The first-order chi connectivity index (χ1) is 8.97. The number of hydrogen-bond donors (Lipinski definition) is 2. The summed E-state index contributed by atoms with van der Waals surface area (Å²) >= 11 is 5.78. The lowest BCUT2D eigenvalue weighted by molar-refractivity contribution is -0.383. The molecule has 0 heterocycles. The molecule has 1 aromatic rings. The number of carbonyl (C=O) groups is 1. The van der Waals surface area contributed by atoms with Gasteiger partial charge in [0.25, 0.3) is 5.69 Å². The van der Waals surface area contributed by atoms with Crippen LogP contribution in [0.1, 0.15) is 6.42 Å².